The quantitative estimate of drug-likeness (QED) is 0.637. The molecule has 0 fully saturated rings. The highest BCUT2D eigenvalue weighted by Gasteiger charge is 2.20. The minimum Gasteiger partial charge on any atom is -0.457 e. The van der Waals surface area contributed by atoms with Gasteiger partial charge < -0.3 is 4.74 Å². The van der Waals surface area contributed by atoms with Gasteiger partial charge in [-0.15, -0.1) is 0 Å². The predicted octanol–water partition coefficient (Wildman–Crippen LogP) is 1.49. The first-order valence-corrected chi connectivity index (χ1v) is 3.69. The van der Waals surface area contributed by atoms with Crippen molar-refractivity contribution in [2.75, 3.05) is 0 Å². The van der Waals surface area contributed by atoms with Gasteiger partial charge in [0, 0.05) is 12.4 Å². The second-order valence-electron chi connectivity index (χ2n) is 2.96. The smallest absolute Gasteiger partial charge is 0.293 e. The van der Waals surface area contributed by atoms with Gasteiger partial charge in [0.1, 0.15) is 5.60 Å². The molecule has 0 aliphatic rings. The number of pyridine rings is 1. The average molecular weight is 165 g/mol. The summed E-state index contributed by atoms with van der Waals surface area (Å²) in [7, 11) is 0. The van der Waals surface area contributed by atoms with Crippen LogP contribution in [0, 0.1) is 0 Å². The Morgan fingerprint density at radius 1 is 1.42 bits per heavy atom. The first kappa shape index (κ1) is 8.71. The van der Waals surface area contributed by atoms with Crippen molar-refractivity contribution in [3.05, 3.63) is 30.1 Å². The summed E-state index contributed by atoms with van der Waals surface area (Å²) in [6, 6.07) is 3.65. The zero-order chi connectivity index (χ0) is 9.03. The molecule has 0 atom stereocenters. The average Bonchev–Trinajstić information content (AvgIpc) is 2.06. The lowest BCUT2D eigenvalue weighted by Crippen LogP contribution is -2.20. The summed E-state index contributed by atoms with van der Waals surface area (Å²) >= 11 is 0. The third-order valence-corrected chi connectivity index (χ3v) is 1.72. The highest BCUT2D eigenvalue weighted by molar-refractivity contribution is 5.39. The van der Waals surface area contributed by atoms with Crippen molar-refractivity contribution in [1.82, 2.24) is 4.98 Å². The molecule has 3 nitrogen and oxygen atoms in total. The highest BCUT2D eigenvalue weighted by atomic mass is 16.5. The van der Waals surface area contributed by atoms with Crippen molar-refractivity contribution in [2.24, 2.45) is 0 Å². The number of ether oxygens (including phenoxy) is 1. The van der Waals surface area contributed by atoms with Gasteiger partial charge in [0.05, 0.1) is 0 Å². The highest BCUT2D eigenvalue weighted by Crippen LogP contribution is 2.22. The van der Waals surface area contributed by atoms with E-state index < -0.39 is 5.60 Å². The molecule has 0 amide bonds. The van der Waals surface area contributed by atoms with E-state index in [1.807, 2.05) is 26.0 Å². The SMILES string of the molecule is CC(C)(OC=O)c1ccncc1. The lowest BCUT2D eigenvalue weighted by atomic mass is 10.00. The monoisotopic (exact) mass is 165 g/mol. The molecule has 1 heterocycles. The van der Waals surface area contributed by atoms with Gasteiger partial charge in [-0.25, -0.2) is 0 Å². The molecule has 0 spiro atoms. The lowest BCUT2D eigenvalue weighted by molar-refractivity contribution is -0.141. The molecule has 0 aromatic carbocycles. The van der Waals surface area contributed by atoms with E-state index in [4.69, 9.17) is 4.74 Å². The van der Waals surface area contributed by atoms with Gasteiger partial charge in [0.2, 0.25) is 0 Å². The molecule has 0 bridgehead atoms. The largest absolute Gasteiger partial charge is 0.457 e. The standard InChI is InChI=1S/C9H11NO2/c1-9(2,12-7-11)8-3-5-10-6-4-8/h3-7H,1-2H3. The van der Waals surface area contributed by atoms with Crippen LogP contribution < -0.4 is 0 Å². The fraction of sp³-hybridized carbons (Fsp3) is 0.333. The molecule has 0 N–H and O–H groups in total. The van der Waals surface area contributed by atoms with Crippen LogP contribution in [0.25, 0.3) is 0 Å². The summed E-state index contributed by atoms with van der Waals surface area (Å²) in [6.45, 7) is 4.12. The minimum absolute atomic E-state index is 0.459. The molecule has 12 heavy (non-hydrogen) atoms. The lowest BCUT2D eigenvalue weighted by Gasteiger charge is -2.22. The van der Waals surface area contributed by atoms with Crippen LogP contribution in [0.3, 0.4) is 0 Å². The number of nitrogens with zero attached hydrogens (tertiary/aromatic N) is 1. The number of carbonyl (C=O) groups is 1. The molecule has 0 saturated heterocycles. The molecule has 0 saturated carbocycles. The van der Waals surface area contributed by atoms with Crippen LogP contribution in [0.4, 0.5) is 0 Å². The van der Waals surface area contributed by atoms with E-state index in [1.165, 1.54) is 0 Å². The van der Waals surface area contributed by atoms with Crippen molar-refractivity contribution in [1.29, 1.82) is 0 Å². The Balaban J connectivity index is 2.89. The maximum Gasteiger partial charge on any atom is 0.293 e. The third-order valence-electron chi connectivity index (χ3n) is 1.72. The van der Waals surface area contributed by atoms with E-state index in [2.05, 4.69) is 4.98 Å². The second kappa shape index (κ2) is 3.34. The molecule has 0 radical (unpaired) electrons. The maximum atomic E-state index is 10.2. The fourth-order valence-corrected chi connectivity index (χ4v) is 0.942. The van der Waals surface area contributed by atoms with Crippen molar-refractivity contribution in [3.8, 4) is 0 Å². The van der Waals surface area contributed by atoms with Gasteiger partial charge in [0.15, 0.2) is 0 Å². The molecule has 1 rings (SSSR count). The molecule has 3 heteroatoms. The van der Waals surface area contributed by atoms with E-state index in [0.717, 1.165) is 5.56 Å². The number of hydrogen-bond acceptors (Lipinski definition) is 3. The fourth-order valence-electron chi connectivity index (χ4n) is 0.942. The normalized spacial score (nSPS) is 10.8. The Hall–Kier alpha value is -1.38. The van der Waals surface area contributed by atoms with Crippen LogP contribution in [0.15, 0.2) is 24.5 Å². The molecular weight excluding hydrogens is 154 g/mol. The van der Waals surface area contributed by atoms with Crippen molar-refractivity contribution in [2.45, 2.75) is 19.4 Å². The maximum absolute atomic E-state index is 10.2. The molecule has 1 aromatic rings. The summed E-state index contributed by atoms with van der Waals surface area (Å²) in [5.74, 6) is 0. The first-order chi connectivity index (χ1) is 5.67. The molecule has 64 valence electrons. The van der Waals surface area contributed by atoms with Gasteiger partial charge in [-0.3, -0.25) is 9.78 Å². The Morgan fingerprint density at radius 3 is 2.50 bits per heavy atom. The summed E-state index contributed by atoms with van der Waals surface area (Å²) in [4.78, 5) is 14.0. The van der Waals surface area contributed by atoms with Gasteiger partial charge in [-0.2, -0.15) is 0 Å². The van der Waals surface area contributed by atoms with E-state index in [9.17, 15) is 4.79 Å². The summed E-state index contributed by atoms with van der Waals surface area (Å²) in [5, 5.41) is 0. The zero-order valence-corrected chi connectivity index (χ0v) is 7.15. The predicted molar refractivity (Wildman–Crippen MR) is 44.4 cm³/mol. The molecule has 0 aliphatic heterocycles. The van der Waals surface area contributed by atoms with Gasteiger partial charge >= 0.3 is 0 Å². The Bertz CT molecular complexity index is 256. The second-order valence-corrected chi connectivity index (χ2v) is 2.96. The zero-order valence-electron chi connectivity index (χ0n) is 7.15. The Morgan fingerprint density at radius 2 is 2.00 bits per heavy atom. The van der Waals surface area contributed by atoms with Crippen LogP contribution in [-0.4, -0.2) is 11.5 Å². The van der Waals surface area contributed by atoms with Gasteiger partial charge in [-0.1, -0.05) is 0 Å². The van der Waals surface area contributed by atoms with Crippen molar-refractivity contribution < 1.29 is 9.53 Å². The Labute approximate surface area is 71.4 Å². The van der Waals surface area contributed by atoms with Crippen LogP contribution >= 0.6 is 0 Å². The number of carbonyl (C=O) groups excluding carboxylic acids is 1. The number of aromatic nitrogens is 1. The number of hydrogen-bond donors (Lipinski definition) is 0. The summed E-state index contributed by atoms with van der Waals surface area (Å²) in [5.41, 5.74) is 0.370. The van der Waals surface area contributed by atoms with E-state index >= 15 is 0 Å². The van der Waals surface area contributed by atoms with E-state index in [0.29, 0.717) is 6.47 Å². The molecule has 0 aliphatic carbocycles. The topological polar surface area (TPSA) is 39.2 Å². The summed E-state index contributed by atoms with van der Waals surface area (Å²) < 4.78 is 4.91. The Kier molecular flexibility index (Phi) is 2.43. The van der Waals surface area contributed by atoms with E-state index in [-0.39, 0.29) is 0 Å². The van der Waals surface area contributed by atoms with E-state index in [1.54, 1.807) is 12.4 Å². The van der Waals surface area contributed by atoms with Gasteiger partial charge in [0.25, 0.3) is 6.47 Å². The van der Waals surface area contributed by atoms with Crippen molar-refractivity contribution >= 4 is 6.47 Å². The van der Waals surface area contributed by atoms with Crippen LogP contribution in [0.5, 0.6) is 0 Å². The first-order valence-electron chi connectivity index (χ1n) is 3.69. The molecular formula is C9H11NO2. The van der Waals surface area contributed by atoms with Crippen molar-refractivity contribution in [3.63, 3.8) is 0 Å². The number of rotatable bonds is 3. The molecule has 0 unspecified atom stereocenters. The van der Waals surface area contributed by atoms with Crippen LogP contribution in [0.2, 0.25) is 0 Å². The summed E-state index contributed by atoms with van der Waals surface area (Å²) in [6.07, 6.45) is 3.34. The van der Waals surface area contributed by atoms with Crippen LogP contribution in [0.1, 0.15) is 19.4 Å². The molecule has 1 aromatic heterocycles. The van der Waals surface area contributed by atoms with Gasteiger partial charge in [-0.05, 0) is 31.5 Å². The third kappa shape index (κ3) is 1.81. The van der Waals surface area contributed by atoms with Crippen LogP contribution in [-0.2, 0) is 15.1 Å². The minimum atomic E-state index is -0.565.